The first kappa shape index (κ1) is 23.0. The number of ether oxygens (including phenoxy) is 1. The Morgan fingerprint density at radius 2 is 1.97 bits per heavy atom. The lowest BCUT2D eigenvalue weighted by molar-refractivity contribution is 0.142. The molecule has 0 unspecified atom stereocenters. The summed E-state index contributed by atoms with van der Waals surface area (Å²) in [5.74, 6) is 1.31. The Morgan fingerprint density at radius 3 is 2.71 bits per heavy atom. The highest BCUT2D eigenvalue weighted by Crippen LogP contribution is 2.27. The summed E-state index contributed by atoms with van der Waals surface area (Å²) < 4.78 is 29.7. The standard InChI is InChI=1S/C26H28FN9O2/c27-19-12-17(38-18-14-29-15-18)3-4-21(19)34-8-5-33(6-9-34)7-10-35-16-30-24-22-13-20(23-2-1-11-37-23)32-36(22)26(28)31-25(24)35/h1-4,11-13,16,18,29H,5-10,14-15H2,(H2,28,31). The average Bonchev–Trinajstić information content (AvgIpc) is 3.65. The molecule has 4 aromatic heterocycles. The van der Waals surface area contributed by atoms with Gasteiger partial charge in [0, 0.05) is 58.4 Å². The van der Waals surface area contributed by atoms with Crippen LogP contribution in [0, 0.1) is 5.82 Å². The molecule has 2 aliphatic rings. The molecule has 0 spiro atoms. The number of rotatable bonds is 7. The molecule has 12 heteroatoms. The molecule has 3 N–H and O–H groups in total. The second-order valence-electron chi connectivity index (χ2n) is 9.72. The van der Waals surface area contributed by atoms with Crippen molar-refractivity contribution >= 4 is 28.3 Å². The number of anilines is 2. The van der Waals surface area contributed by atoms with E-state index in [1.807, 2.05) is 34.9 Å². The number of aromatic nitrogens is 5. The summed E-state index contributed by atoms with van der Waals surface area (Å²) in [5.41, 5.74) is 9.80. The second-order valence-corrected chi connectivity index (χ2v) is 9.72. The van der Waals surface area contributed by atoms with Gasteiger partial charge in [0.2, 0.25) is 5.95 Å². The number of imidazole rings is 1. The Kier molecular flexibility index (Phi) is 5.63. The van der Waals surface area contributed by atoms with Gasteiger partial charge in [0.1, 0.15) is 34.4 Å². The number of nitrogens with one attached hydrogen (secondary N) is 1. The fourth-order valence-corrected chi connectivity index (χ4v) is 5.08. The molecule has 0 amide bonds. The zero-order chi connectivity index (χ0) is 25.6. The third kappa shape index (κ3) is 4.11. The molecule has 0 saturated carbocycles. The van der Waals surface area contributed by atoms with Crippen molar-refractivity contribution < 1.29 is 13.5 Å². The van der Waals surface area contributed by atoms with Gasteiger partial charge in [-0.15, -0.1) is 0 Å². The molecular formula is C26H28FN9O2. The summed E-state index contributed by atoms with van der Waals surface area (Å²) in [5, 5.41) is 7.69. The van der Waals surface area contributed by atoms with E-state index in [2.05, 4.69) is 30.2 Å². The predicted octanol–water partition coefficient (Wildman–Crippen LogP) is 2.23. The van der Waals surface area contributed by atoms with Crippen molar-refractivity contribution in [1.29, 1.82) is 0 Å². The highest BCUT2D eigenvalue weighted by Gasteiger charge is 2.23. The number of piperazine rings is 1. The number of halogens is 1. The number of hydrogen-bond donors (Lipinski definition) is 2. The fraction of sp³-hybridized carbons (Fsp3) is 0.346. The predicted molar refractivity (Wildman–Crippen MR) is 141 cm³/mol. The summed E-state index contributed by atoms with van der Waals surface area (Å²) in [6, 6.07) is 10.8. The topological polar surface area (TPSA) is 115 Å². The molecule has 2 aliphatic heterocycles. The lowest BCUT2D eigenvalue weighted by Gasteiger charge is -2.36. The van der Waals surface area contributed by atoms with Crippen molar-refractivity contribution in [2.75, 3.05) is 56.4 Å². The van der Waals surface area contributed by atoms with Gasteiger partial charge in [0.05, 0.1) is 18.3 Å². The molecule has 7 rings (SSSR count). The molecule has 0 radical (unpaired) electrons. The van der Waals surface area contributed by atoms with E-state index in [4.69, 9.17) is 14.9 Å². The largest absolute Gasteiger partial charge is 0.488 e. The number of nitrogens with two attached hydrogens (primary N) is 1. The normalized spacial score (nSPS) is 16.9. The molecule has 196 valence electrons. The van der Waals surface area contributed by atoms with Crippen LogP contribution in [0.15, 0.2) is 53.4 Å². The second kappa shape index (κ2) is 9.30. The van der Waals surface area contributed by atoms with Gasteiger partial charge in [0.25, 0.3) is 0 Å². The molecule has 5 aromatic rings. The van der Waals surface area contributed by atoms with Crippen LogP contribution in [0.2, 0.25) is 0 Å². The first-order valence-corrected chi connectivity index (χ1v) is 12.8. The Labute approximate surface area is 217 Å². The van der Waals surface area contributed by atoms with Crippen LogP contribution in [0.3, 0.4) is 0 Å². The van der Waals surface area contributed by atoms with Gasteiger partial charge in [-0.1, -0.05) is 0 Å². The third-order valence-corrected chi connectivity index (χ3v) is 7.31. The monoisotopic (exact) mass is 517 g/mol. The first-order valence-electron chi connectivity index (χ1n) is 12.8. The quantitative estimate of drug-likeness (QED) is 0.335. The van der Waals surface area contributed by atoms with Gasteiger partial charge < -0.3 is 29.7 Å². The van der Waals surface area contributed by atoms with Gasteiger partial charge in [-0.25, -0.2) is 9.37 Å². The molecule has 1 aromatic carbocycles. The Balaban J connectivity index is 1.01. The summed E-state index contributed by atoms with van der Waals surface area (Å²) >= 11 is 0. The number of benzene rings is 1. The zero-order valence-corrected chi connectivity index (χ0v) is 20.8. The molecule has 38 heavy (non-hydrogen) atoms. The molecule has 0 atom stereocenters. The van der Waals surface area contributed by atoms with Crippen LogP contribution in [0.25, 0.3) is 28.1 Å². The minimum Gasteiger partial charge on any atom is -0.488 e. The van der Waals surface area contributed by atoms with Crippen LogP contribution in [0.5, 0.6) is 5.75 Å². The summed E-state index contributed by atoms with van der Waals surface area (Å²) in [4.78, 5) is 13.7. The molecular weight excluding hydrogens is 489 g/mol. The van der Waals surface area contributed by atoms with Gasteiger partial charge in [-0.3, -0.25) is 4.90 Å². The molecule has 11 nitrogen and oxygen atoms in total. The Bertz CT molecular complexity index is 1580. The van der Waals surface area contributed by atoms with Crippen LogP contribution in [0.4, 0.5) is 16.0 Å². The van der Waals surface area contributed by atoms with Gasteiger partial charge >= 0.3 is 0 Å². The van der Waals surface area contributed by atoms with E-state index in [0.29, 0.717) is 35.4 Å². The van der Waals surface area contributed by atoms with Gasteiger partial charge in [-0.2, -0.15) is 14.6 Å². The van der Waals surface area contributed by atoms with Crippen molar-refractivity contribution in [2.24, 2.45) is 0 Å². The minimum absolute atomic E-state index is 0.133. The molecule has 2 fully saturated rings. The van der Waals surface area contributed by atoms with Crippen molar-refractivity contribution in [1.82, 2.24) is 34.4 Å². The fourth-order valence-electron chi connectivity index (χ4n) is 5.08. The number of hydrogen-bond acceptors (Lipinski definition) is 9. The maximum atomic E-state index is 14.8. The van der Waals surface area contributed by atoms with Gasteiger partial charge in [0.15, 0.2) is 11.4 Å². The number of nitrogens with zero attached hydrogens (tertiary/aromatic N) is 7. The Morgan fingerprint density at radius 1 is 1.11 bits per heavy atom. The highest BCUT2D eigenvalue weighted by atomic mass is 19.1. The smallest absolute Gasteiger partial charge is 0.223 e. The van der Waals surface area contributed by atoms with Crippen LogP contribution in [0.1, 0.15) is 0 Å². The summed E-state index contributed by atoms with van der Waals surface area (Å²) in [6.45, 7) is 6.36. The maximum absolute atomic E-state index is 14.8. The number of nitrogen functional groups attached to an aromatic ring is 1. The zero-order valence-electron chi connectivity index (χ0n) is 20.8. The van der Waals surface area contributed by atoms with Crippen molar-refractivity contribution in [2.45, 2.75) is 12.6 Å². The minimum atomic E-state index is -0.238. The van der Waals surface area contributed by atoms with E-state index in [0.717, 1.165) is 62.5 Å². The Hall–Kier alpha value is -4.16. The van der Waals surface area contributed by atoms with E-state index in [1.54, 1.807) is 17.1 Å². The molecule has 2 saturated heterocycles. The molecule has 0 aliphatic carbocycles. The van der Waals surface area contributed by atoms with Gasteiger partial charge in [-0.05, 0) is 30.3 Å². The van der Waals surface area contributed by atoms with Crippen molar-refractivity contribution in [3.05, 3.63) is 54.8 Å². The maximum Gasteiger partial charge on any atom is 0.223 e. The lowest BCUT2D eigenvalue weighted by atomic mass is 10.2. The van der Waals surface area contributed by atoms with Crippen LogP contribution in [-0.2, 0) is 6.54 Å². The number of furan rings is 1. The first-order chi connectivity index (χ1) is 18.6. The van der Waals surface area contributed by atoms with Crippen LogP contribution in [-0.4, -0.2) is 81.0 Å². The van der Waals surface area contributed by atoms with Crippen molar-refractivity contribution in [3.63, 3.8) is 0 Å². The van der Waals surface area contributed by atoms with E-state index >= 15 is 0 Å². The van der Waals surface area contributed by atoms with E-state index in [1.165, 1.54) is 6.07 Å². The molecule has 6 heterocycles. The summed E-state index contributed by atoms with van der Waals surface area (Å²) in [7, 11) is 0. The SMILES string of the molecule is Nc1nc2c(ncn2CCN2CCN(c3ccc(OC4CNC4)cc3F)CC2)c2cc(-c3ccco3)nn12. The summed E-state index contributed by atoms with van der Waals surface area (Å²) in [6.07, 6.45) is 3.54. The van der Waals surface area contributed by atoms with E-state index in [-0.39, 0.29) is 11.9 Å². The van der Waals surface area contributed by atoms with Crippen molar-refractivity contribution in [3.8, 4) is 17.2 Å². The average molecular weight is 518 g/mol. The van der Waals surface area contributed by atoms with E-state index < -0.39 is 0 Å². The van der Waals surface area contributed by atoms with Crippen LogP contribution < -0.4 is 20.7 Å². The lowest BCUT2D eigenvalue weighted by Crippen LogP contribution is -2.50. The highest BCUT2D eigenvalue weighted by molar-refractivity contribution is 5.90. The molecule has 0 bridgehead atoms. The van der Waals surface area contributed by atoms with E-state index in [9.17, 15) is 4.39 Å². The third-order valence-electron chi connectivity index (χ3n) is 7.31. The van der Waals surface area contributed by atoms with Crippen LogP contribution >= 0.6 is 0 Å². The number of fused-ring (bicyclic) bond motifs is 3.